The van der Waals surface area contributed by atoms with Gasteiger partial charge in [-0.3, -0.25) is 9.59 Å². The van der Waals surface area contributed by atoms with Gasteiger partial charge in [-0.05, 0) is 44.8 Å². The average molecular weight is 428 g/mol. The Morgan fingerprint density at radius 1 is 0.594 bits per heavy atom. The van der Waals surface area contributed by atoms with Gasteiger partial charge in [0.15, 0.2) is 0 Å². The summed E-state index contributed by atoms with van der Waals surface area (Å²) < 4.78 is 0. The fraction of sp³-hybridized carbons (Fsp3) is 0.154. The summed E-state index contributed by atoms with van der Waals surface area (Å²) in [6.45, 7) is -0.711. The number of carbonyl (C=O) groups excluding carboxylic acids is 2. The molecule has 0 aromatic heterocycles. The first-order chi connectivity index (χ1) is 15.6. The van der Waals surface area contributed by atoms with Gasteiger partial charge in [-0.1, -0.05) is 72.8 Å². The second-order valence-corrected chi connectivity index (χ2v) is 7.63. The highest BCUT2D eigenvalue weighted by atomic mass is 16.3. The normalized spacial score (nSPS) is 12.9. The third kappa shape index (κ3) is 4.61. The highest BCUT2D eigenvalue weighted by Crippen LogP contribution is 2.22. The molecule has 0 heterocycles. The van der Waals surface area contributed by atoms with Crippen LogP contribution in [0.25, 0.3) is 21.5 Å². The summed E-state index contributed by atoms with van der Waals surface area (Å²) in [4.78, 5) is 25.1. The number of aliphatic hydroxyl groups excluding tert-OH is 2. The van der Waals surface area contributed by atoms with Gasteiger partial charge < -0.3 is 20.8 Å². The molecular weight excluding hydrogens is 404 g/mol. The van der Waals surface area contributed by atoms with Gasteiger partial charge >= 0.3 is 11.8 Å². The van der Waals surface area contributed by atoms with Gasteiger partial charge in [0.1, 0.15) is 0 Å². The number of aliphatic hydroxyl groups is 2. The number of amides is 2. The quantitative estimate of drug-likeness (QED) is 0.355. The summed E-state index contributed by atoms with van der Waals surface area (Å²) in [5.41, 5.74) is 1.39. The monoisotopic (exact) mass is 428 g/mol. The zero-order chi connectivity index (χ0) is 22.5. The van der Waals surface area contributed by atoms with E-state index >= 15 is 0 Å². The van der Waals surface area contributed by atoms with Crippen LogP contribution >= 0.6 is 0 Å². The Morgan fingerprint density at radius 2 is 0.969 bits per heavy atom. The Bertz CT molecular complexity index is 1170. The maximum absolute atomic E-state index is 12.5. The van der Waals surface area contributed by atoms with Crippen LogP contribution < -0.4 is 10.6 Å². The van der Waals surface area contributed by atoms with Crippen molar-refractivity contribution in [1.29, 1.82) is 0 Å². The number of carbonyl (C=O) groups is 2. The van der Waals surface area contributed by atoms with Crippen molar-refractivity contribution in [3.8, 4) is 0 Å². The minimum atomic E-state index is -0.878. The van der Waals surface area contributed by atoms with Crippen molar-refractivity contribution in [2.24, 2.45) is 0 Å². The summed E-state index contributed by atoms with van der Waals surface area (Å²) in [6, 6.07) is 25.2. The highest BCUT2D eigenvalue weighted by Gasteiger charge is 2.23. The Kier molecular flexibility index (Phi) is 6.44. The predicted molar refractivity (Wildman–Crippen MR) is 124 cm³/mol. The van der Waals surface area contributed by atoms with Gasteiger partial charge in [0, 0.05) is 0 Å². The summed E-state index contributed by atoms with van der Waals surface area (Å²) >= 11 is 0. The van der Waals surface area contributed by atoms with Crippen LogP contribution in [-0.2, 0) is 9.59 Å². The van der Waals surface area contributed by atoms with Crippen molar-refractivity contribution in [3.63, 3.8) is 0 Å². The zero-order valence-corrected chi connectivity index (χ0v) is 17.4. The predicted octanol–water partition coefficient (Wildman–Crippen LogP) is 2.99. The van der Waals surface area contributed by atoms with E-state index in [1.54, 1.807) is 0 Å². The molecule has 2 amide bonds. The molecule has 4 aromatic rings. The molecule has 162 valence electrons. The number of benzene rings is 4. The van der Waals surface area contributed by atoms with E-state index in [0.29, 0.717) is 11.1 Å². The van der Waals surface area contributed by atoms with Gasteiger partial charge in [-0.25, -0.2) is 0 Å². The molecule has 4 N–H and O–H groups in total. The lowest BCUT2D eigenvalue weighted by molar-refractivity contribution is -0.140. The molecule has 0 aliphatic carbocycles. The molecule has 0 spiro atoms. The second kappa shape index (κ2) is 9.60. The van der Waals surface area contributed by atoms with Gasteiger partial charge in [0.2, 0.25) is 0 Å². The number of rotatable bonds is 6. The van der Waals surface area contributed by atoms with Crippen LogP contribution in [0.5, 0.6) is 0 Å². The molecule has 4 rings (SSSR count). The molecule has 0 bridgehead atoms. The number of hydrogen-bond acceptors (Lipinski definition) is 4. The van der Waals surface area contributed by atoms with Crippen molar-refractivity contribution in [2.75, 3.05) is 13.2 Å². The van der Waals surface area contributed by atoms with Crippen LogP contribution in [0.4, 0.5) is 0 Å². The molecule has 2 atom stereocenters. The van der Waals surface area contributed by atoms with Crippen molar-refractivity contribution in [3.05, 3.63) is 96.1 Å². The SMILES string of the molecule is O=C(NC(CO)c1ccc2ccccc2c1)C(=O)NC(CO)c1ccc2ccccc2c1. The minimum Gasteiger partial charge on any atom is -0.394 e. The van der Waals surface area contributed by atoms with E-state index in [1.165, 1.54) is 0 Å². The maximum atomic E-state index is 12.5. The van der Waals surface area contributed by atoms with Crippen LogP contribution in [0.1, 0.15) is 23.2 Å². The Morgan fingerprint density at radius 3 is 1.34 bits per heavy atom. The van der Waals surface area contributed by atoms with Gasteiger partial charge in [0.05, 0.1) is 25.3 Å². The first-order valence-electron chi connectivity index (χ1n) is 10.4. The van der Waals surface area contributed by atoms with Crippen LogP contribution in [0.15, 0.2) is 84.9 Å². The molecule has 4 aromatic carbocycles. The second-order valence-electron chi connectivity index (χ2n) is 7.63. The molecule has 6 heteroatoms. The van der Waals surface area contributed by atoms with Crippen molar-refractivity contribution >= 4 is 33.4 Å². The van der Waals surface area contributed by atoms with Crippen LogP contribution in [0.3, 0.4) is 0 Å². The van der Waals surface area contributed by atoms with Gasteiger partial charge in [-0.15, -0.1) is 0 Å². The van der Waals surface area contributed by atoms with Crippen LogP contribution in [0, 0.1) is 0 Å². The first-order valence-corrected chi connectivity index (χ1v) is 10.4. The molecule has 0 saturated carbocycles. The van der Waals surface area contributed by atoms with Crippen molar-refractivity contribution in [1.82, 2.24) is 10.6 Å². The number of fused-ring (bicyclic) bond motifs is 2. The third-order valence-corrected chi connectivity index (χ3v) is 5.53. The molecule has 6 nitrogen and oxygen atoms in total. The van der Waals surface area contributed by atoms with E-state index in [-0.39, 0.29) is 13.2 Å². The van der Waals surface area contributed by atoms with Crippen molar-refractivity contribution in [2.45, 2.75) is 12.1 Å². The van der Waals surface area contributed by atoms with E-state index in [0.717, 1.165) is 21.5 Å². The van der Waals surface area contributed by atoms with Gasteiger partial charge in [0.25, 0.3) is 0 Å². The van der Waals surface area contributed by atoms with E-state index in [2.05, 4.69) is 10.6 Å². The molecule has 2 unspecified atom stereocenters. The maximum Gasteiger partial charge on any atom is 0.309 e. The van der Waals surface area contributed by atoms with E-state index in [4.69, 9.17) is 0 Å². The molecule has 0 fully saturated rings. The van der Waals surface area contributed by atoms with Crippen molar-refractivity contribution < 1.29 is 19.8 Å². The van der Waals surface area contributed by atoms with Crippen LogP contribution in [-0.4, -0.2) is 35.2 Å². The highest BCUT2D eigenvalue weighted by molar-refractivity contribution is 6.35. The lowest BCUT2D eigenvalue weighted by atomic mass is 10.0. The van der Waals surface area contributed by atoms with E-state index in [9.17, 15) is 19.8 Å². The van der Waals surface area contributed by atoms with Gasteiger partial charge in [-0.2, -0.15) is 0 Å². The number of nitrogens with one attached hydrogen (secondary N) is 2. The minimum absolute atomic E-state index is 0.356. The Labute approximate surface area is 185 Å². The summed E-state index contributed by atoms with van der Waals surface area (Å²) in [6.07, 6.45) is 0. The molecule has 0 aliphatic heterocycles. The fourth-order valence-corrected chi connectivity index (χ4v) is 3.77. The molecule has 0 saturated heterocycles. The third-order valence-electron chi connectivity index (χ3n) is 5.53. The Hall–Kier alpha value is -3.74. The summed E-state index contributed by atoms with van der Waals surface area (Å²) in [5.74, 6) is -1.76. The van der Waals surface area contributed by atoms with Crippen LogP contribution in [0.2, 0.25) is 0 Å². The average Bonchev–Trinajstić information content (AvgIpc) is 2.84. The largest absolute Gasteiger partial charge is 0.394 e. The molecular formula is C26H24N2O4. The zero-order valence-electron chi connectivity index (χ0n) is 17.4. The van der Waals surface area contributed by atoms with E-state index in [1.807, 2.05) is 84.9 Å². The summed E-state index contributed by atoms with van der Waals surface area (Å²) in [5, 5.41) is 28.8. The molecule has 0 aliphatic rings. The molecule has 32 heavy (non-hydrogen) atoms. The lowest BCUT2D eigenvalue weighted by Gasteiger charge is -2.20. The van der Waals surface area contributed by atoms with E-state index < -0.39 is 23.9 Å². The summed E-state index contributed by atoms with van der Waals surface area (Å²) in [7, 11) is 0. The fourth-order valence-electron chi connectivity index (χ4n) is 3.77. The number of hydrogen-bond donors (Lipinski definition) is 4. The smallest absolute Gasteiger partial charge is 0.309 e. The lowest BCUT2D eigenvalue weighted by Crippen LogP contribution is -2.44. The molecule has 0 radical (unpaired) electrons. The first kappa shape index (κ1) is 21.5. The standard InChI is InChI=1S/C26H24N2O4/c29-15-23(21-11-9-17-5-1-3-7-19(17)13-21)27-25(31)26(32)28-24(16-30)22-12-10-18-6-2-4-8-20(18)14-22/h1-14,23-24,29-30H,15-16H2,(H,27,31)(H,28,32). The topological polar surface area (TPSA) is 98.7 Å². The Balaban J connectivity index is 1.46.